The molecular formula is C20H41NO. The average Bonchev–Trinajstić information content (AvgIpc) is 2.54. The van der Waals surface area contributed by atoms with Crippen molar-refractivity contribution in [2.45, 2.75) is 123 Å². The van der Waals surface area contributed by atoms with Gasteiger partial charge in [-0.3, -0.25) is 0 Å². The van der Waals surface area contributed by atoms with Crippen molar-refractivity contribution in [2.75, 3.05) is 0 Å². The number of rotatable bonds is 17. The fourth-order valence-electron chi connectivity index (χ4n) is 2.97. The molecule has 2 heteroatoms. The Labute approximate surface area is 139 Å². The van der Waals surface area contributed by atoms with Crippen LogP contribution in [0.5, 0.6) is 0 Å². The molecular weight excluding hydrogens is 270 g/mol. The summed E-state index contributed by atoms with van der Waals surface area (Å²) in [4.78, 5) is 0. The highest BCUT2D eigenvalue weighted by Crippen LogP contribution is 2.13. The van der Waals surface area contributed by atoms with Gasteiger partial charge in [-0.2, -0.15) is 0 Å². The fourth-order valence-corrected chi connectivity index (χ4v) is 2.97. The Hall–Kier alpha value is -0.530. The van der Waals surface area contributed by atoms with Crippen LogP contribution in [0.25, 0.3) is 0 Å². The number of oxime groups is 1. The molecule has 0 spiro atoms. The summed E-state index contributed by atoms with van der Waals surface area (Å²) in [5.41, 5.74) is 1.02. The second kappa shape index (κ2) is 18.5. The first-order chi connectivity index (χ1) is 10.8. The molecule has 0 saturated heterocycles. The molecule has 1 N–H and O–H groups in total. The van der Waals surface area contributed by atoms with E-state index in [4.69, 9.17) is 5.21 Å². The molecule has 0 rings (SSSR count). The van der Waals surface area contributed by atoms with E-state index >= 15 is 0 Å². The van der Waals surface area contributed by atoms with Gasteiger partial charge in [0.15, 0.2) is 0 Å². The van der Waals surface area contributed by atoms with Crippen molar-refractivity contribution in [3.05, 3.63) is 0 Å². The van der Waals surface area contributed by atoms with Crippen LogP contribution in [0.4, 0.5) is 0 Å². The summed E-state index contributed by atoms with van der Waals surface area (Å²) >= 11 is 0. The number of hydrogen-bond acceptors (Lipinski definition) is 2. The molecule has 22 heavy (non-hydrogen) atoms. The van der Waals surface area contributed by atoms with E-state index in [0.717, 1.165) is 18.6 Å². The molecule has 0 aliphatic carbocycles. The molecule has 0 bridgehead atoms. The molecule has 0 saturated carbocycles. The Morgan fingerprint density at radius 1 is 0.545 bits per heavy atom. The highest BCUT2D eigenvalue weighted by Gasteiger charge is 2.01. The Morgan fingerprint density at radius 3 is 1.23 bits per heavy atom. The van der Waals surface area contributed by atoms with Crippen LogP contribution >= 0.6 is 0 Å². The molecule has 132 valence electrons. The second-order valence-corrected chi connectivity index (χ2v) is 6.76. The summed E-state index contributed by atoms with van der Waals surface area (Å²) < 4.78 is 0. The van der Waals surface area contributed by atoms with Gasteiger partial charge in [0.2, 0.25) is 0 Å². The lowest BCUT2D eigenvalue weighted by atomic mass is 10.0. The van der Waals surface area contributed by atoms with Gasteiger partial charge in [0.05, 0.1) is 5.71 Å². The van der Waals surface area contributed by atoms with Gasteiger partial charge in [0.25, 0.3) is 0 Å². The molecule has 0 heterocycles. The topological polar surface area (TPSA) is 32.6 Å². The van der Waals surface area contributed by atoms with E-state index in [9.17, 15) is 0 Å². The fraction of sp³-hybridized carbons (Fsp3) is 0.950. The summed E-state index contributed by atoms with van der Waals surface area (Å²) in [5, 5.41) is 12.5. The van der Waals surface area contributed by atoms with Crippen LogP contribution in [0.1, 0.15) is 123 Å². The zero-order valence-electron chi connectivity index (χ0n) is 15.4. The molecule has 0 fully saturated rings. The Kier molecular flexibility index (Phi) is 18.1. The zero-order chi connectivity index (χ0) is 16.3. The SMILES string of the molecule is CCCCCCCCCCCCCC(CCCCCC)=NO. The molecule has 0 atom stereocenters. The Bertz CT molecular complexity index is 238. The van der Waals surface area contributed by atoms with Gasteiger partial charge in [-0.15, -0.1) is 0 Å². The third kappa shape index (κ3) is 15.9. The Balaban J connectivity index is 3.26. The van der Waals surface area contributed by atoms with Crippen molar-refractivity contribution in [3.8, 4) is 0 Å². The monoisotopic (exact) mass is 311 g/mol. The van der Waals surface area contributed by atoms with Gasteiger partial charge in [-0.05, 0) is 25.7 Å². The van der Waals surface area contributed by atoms with Gasteiger partial charge >= 0.3 is 0 Å². The van der Waals surface area contributed by atoms with Crippen molar-refractivity contribution in [1.29, 1.82) is 0 Å². The quantitative estimate of drug-likeness (QED) is 0.128. The zero-order valence-corrected chi connectivity index (χ0v) is 15.4. The minimum absolute atomic E-state index is 0.994. The summed E-state index contributed by atoms with van der Waals surface area (Å²) in [6.07, 6.45) is 22.1. The summed E-state index contributed by atoms with van der Waals surface area (Å²) in [5.74, 6) is 0. The summed E-state index contributed by atoms with van der Waals surface area (Å²) in [6, 6.07) is 0. The van der Waals surface area contributed by atoms with E-state index in [2.05, 4.69) is 19.0 Å². The molecule has 0 aromatic carbocycles. The predicted octanol–water partition coefficient (Wildman–Crippen LogP) is 7.49. The largest absolute Gasteiger partial charge is 0.411 e. The third-order valence-corrected chi connectivity index (χ3v) is 4.53. The highest BCUT2D eigenvalue weighted by atomic mass is 16.4. The smallest absolute Gasteiger partial charge is 0.0570 e. The minimum Gasteiger partial charge on any atom is -0.411 e. The standard InChI is InChI=1S/C20H41NO/c1-3-5-7-9-10-11-12-13-14-15-17-19-20(21-22)18-16-8-6-4-2/h22H,3-19H2,1-2H3. The Morgan fingerprint density at radius 2 is 0.864 bits per heavy atom. The number of unbranched alkanes of at least 4 members (excludes halogenated alkanes) is 13. The molecule has 0 unspecified atom stereocenters. The van der Waals surface area contributed by atoms with Gasteiger partial charge in [0, 0.05) is 0 Å². The number of hydrogen-bond donors (Lipinski definition) is 1. The van der Waals surface area contributed by atoms with Crippen LogP contribution in [0, 0.1) is 0 Å². The molecule has 0 amide bonds. The van der Waals surface area contributed by atoms with Gasteiger partial charge in [-0.25, -0.2) is 0 Å². The van der Waals surface area contributed by atoms with Crippen LogP contribution in [-0.2, 0) is 0 Å². The van der Waals surface area contributed by atoms with Crippen LogP contribution in [0.2, 0.25) is 0 Å². The van der Waals surface area contributed by atoms with E-state index in [0.29, 0.717) is 0 Å². The lowest BCUT2D eigenvalue weighted by molar-refractivity contribution is 0.315. The molecule has 0 aliphatic rings. The van der Waals surface area contributed by atoms with Crippen LogP contribution < -0.4 is 0 Å². The highest BCUT2D eigenvalue weighted by molar-refractivity contribution is 5.83. The van der Waals surface area contributed by atoms with E-state index in [1.54, 1.807) is 0 Å². The maximum atomic E-state index is 9.03. The third-order valence-electron chi connectivity index (χ3n) is 4.53. The normalized spacial score (nSPS) is 12.0. The number of nitrogens with zero attached hydrogens (tertiary/aromatic N) is 1. The van der Waals surface area contributed by atoms with Crippen molar-refractivity contribution in [2.24, 2.45) is 5.16 Å². The van der Waals surface area contributed by atoms with Crippen molar-refractivity contribution in [3.63, 3.8) is 0 Å². The first-order valence-corrected chi connectivity index (χ1v) is 10.0. The van der Waals surface area contributed by atoms with E-state index in [-0.39, 0.29) is 0 Å². The molecule has 2 nitrogen and oxygen atoms in total. The van der Waals surface area contributed by atoms with E-state index in [1.807, 2.05) is 0 Å². The van der Waals surface area contributed by atoms with Gasteiger partial charge < -0.3 is 5.21 Å². The average molecular weight is 312 g/mol. The first-order valence-electron chi connectivity index (χ1n) is 10.0. The second-order valence-electron chi connectivity index (χ2n) is 6.76. The minimum atomic E-state index is 0.994. The summed E-state index contributed by atoms with van der Waals surface area (Å²) in [7, 11) is 0. The van der Waals surface area contributed by atoms with Crippen LogP contribution in [-0.4, -0.2) is 10.9 Å². The molecule has 0 aromatic heterocycles. The van der Waals surface area contributed by atoms with E-state index in [1.165, 1.54) is 96.3 Å². The predicted molar refractivity (Wildman–Crippen MR) is 99.1 cm³/mol. The van der Waals surface area contributed by atoms with Crippen LogP contribution in [0.15, 0.2) is 5.16 Å². The van der Waals surface area contributed by atoms with Crippen molar-refractivity contribution >= 4 is 5.71 Å². The van der Waals surface area contributed by atoms with Gasteiger partial charge in [-0.1, -0.05) is 102 Å². The maximum Gasteiger partial charge on any atom is 0.0570 e. The van der Waals surface area contributed by atoms with Gasteiger partial charge in [0.1, 0.15) is 0 Å². The van der Waals surface area contributed by atoms with Crippen molar-refractivity contribution < 1.29 is 5.21 Å². The van der Waals surface area contributed by atoms with Crippen molar-refractivity contribution in [1.82, 2.24) is 0 Å². The van der Waals surface area contributed by atoms with E-state index < -0.39 is 0 Å². The molecule has 0 aliphatic heterocycles. The first kappa shape index (κ1) is 21.5. The lowest BCUT2D eigenvalue weighted by Crippen LogP contribution is -1.99. The maximum absolute atomic E-state index is 9.03. The molecule has 0 radical (unpaired) electrons. The van der Waals surface area contributed by atoms with Crippen LogP contribution in [0.3, 0.4) is 0 Å². The molecule has 0 aromatic rings. The lowest BCUT2D eigenvalue weighted by Gasteiger charge is -2.05. The summed E-state index contributed by atoms with van der Waals surface area (Å²) in [6.45, 7) is 4.50.